The van der Waals surface area contributed by atoms with E-state index in [1.54, 1.807) is 0 Å². The van der Waals surface area contributed by atoms with Gasteiger partial charge in [-0.3, -0.25) is 0 Å². The highest BCUT2D eigenvalue weighted by Gasteiger charge is 2.02. The second-order valence-electron chi connectivity index (χ2n) is 3.14. The van der Waals surface area contributed by atoms with E-state index in [9.17, 15) is 0 Å². The molecule has 2 heteroatoms. The summed E-state index contributed by atoms with van der Waals surface area (Å²) in [5.41, 5.74) is 2.58. The van der Waals surface area contributed by atoms with Crippen LogP contribution >= 0.6 is 22.6 Å². The van der Waals surface area contributed by atoms with Gasteiger partial charge >= 0.3 is 0 Å². The highest BCUT2D eigenvalue weighted by Crippen LogP contribution is 2.17. The third kappa shape index (κ3) is 2.66. The lowest BCUT2D eigenvalue weighted by Crippen LogP contribution is -1.80. The fraction of sp³-hybridized carbons (Fsp3) is 0.400. The van der Waals surface area contributed by atoms with Gasteiger partial charge in [0, 0.05) is 6.42 Å². The minimum Gasteiger partial charge on any atom is -0.455 e. The Labute approximate surface area is 87.0 Å². The van der Waals surface area contributed by atoms with E-state index in [1.165, 1.54) is 11.1 Å². The van der Waals surface area contributed by atoms with Gasteiger partial charge in [-0.2, -0.15) is 0 Å². The van der Waals surface area contributed by atoms with Crippen LogP contribution in [0.4, 0.5) is 0 Å². The van der Waals surface area contributed by atoms with Crippen LogP contribution in [0.5, 0.6) is 0 Å². The Hall–Kier alpha value is -0.250. The summed E-state index contributed by atoms with van der Waals surface area (Å²) in [6.07, 6.45) is 3.10. The van der Waals surface area contributed by atoms with Gasteiger partial charge in [-0.1, -0.05) is 11.6 Å². The molecule has 12 heavy (non-hydrogen) atoms. The summed E-state index contributed by atoms with van der Waals surface area (Å²) < 4.78 is 6.48. The van der Waals surface area contributed by atoms with Crippen molar-refractivity contribution in [2.45, 2.75) is 27.2 Å². The maximum Gasteiger partial charge on any atom is 0.164 e. The average molecular weight is 276 g/mol. The second-order valence-corrected chi connectivity index (χ2v) is 4.21. The second kappa shape index (κ2) is 4.12. The first kappa shape index (κ1) is 9.84. The van der Waals surface area contributed by atoms with Crippen LogP contribution in [0, 0.1) is 10.7 Å². The normalized spacial score (nSPS) is 10.0. The van der Waals surface area contributed by atoms with Crippen LogP contribution in [0.25, 0.3) is 0 Å². The molecule has 0 atom stereocenters. The Bertz CT molecular complexity index is 293. The van der Waals surface area contributed by atoms with Gasteiger partial charge < -0.3 is 4.42 Å². The monoisotopic (exact) mass is 276 g/mol. The molecule has 0 spiro atoms. The fourth-order valence-corrected chi connectivity index (χ4v) is 1.71. The van der Waals surface area contributed by atoms with Gasteiger partial charge in [-0.25, -0.2) is 0 Å². The first-order valence-corrected chi connectivity index (χ1v) is 5.05. The summed E-state index contributed by atoms with van der Waals surface area (Å²) in [7, 11) is 0. The van der Waals surface area contributed by atoms with E-state index in [4.69, 9.17) is 4.42 Å². The molecule has 0 amide bonds. The van der Waals surface area contributed by atoms with Crippen LogP contribution in [-0.4, -0.2) is 0 Å². The maximum absolute atomic E-state index is 5.51. The molecule has 0 N–H and O–H groups in total. The van der Waals surface area contributed by atoms with Crippen LogP contribution in [0.3, 0.4) is 0 Å². The summed E-state index contributed by atoms with van der Waals surface area (Å²) in [5, 5.41) is 0. The van der Waals surface area contributed by atoms with Crippen LogP contribution in [0.2, 0.25) is 0 Å². The minimum atomic E-state index is 0.914. The first-order valence-electron chi connectivity index (χ1n) is 3.98. The molecule has 1 aromatic heterocycles. The summed E-state index contributed by atoms with van der Waals surface area (Å²) in [6, 6.07) is 2.06. The number of aryl methyl sites for hydroxylation is 1. The van der Waals surface area contributed by atoms with Crippen LogP contribution < -0.4 is 0 Å². The Balaban J connectivity index is 2.75. The standard InChI is InChI=1S/C10H13IO/c1-7(2)4-5-9-8(3)6-10(11)12-9/h4,6H,5H2,1-3H3. The number of halogens is 1. The fourth-order valence-electron chi connectivity index (χ4n) is 0.978. The zero-order valence-corrected chi connectivity index (χ0v) is 9.81. The third-order valence-electron chi connectivity index (χ3n) is 1.69. The number of hydrogen-bond acceptors (Lipinski definition) is 1. The Morgan fingerprint density at radius 1 is 1.58 bits per heavy atom. The lowest BCUT2D eigenvalue weighted by molar-refractivity contribution is 0.494. The maximum atomic E-state index is 5.51. The van der Waals surface area contributed by atoms with Crippen LogP contribution in [-0.2, 0) is 6.42 Å². The van der Waals surface area contributed by atoms with Gasteiger partial charge in [0.15, 0.2) is 3.77 Å². The highest BCUT2D eigenvalue weighted by atomic mass is 127. The van der Waals surface area contributed by atoms with E-state index in [0.717, 1.165) is 15.9 Å². The van der Waals surface area contributed by atoms with E-state index in [0.29, 0.717) is 0 Å². The summed E-state index contributed by atoms with van der Waals surface area (Å²) >= 11 is 2.20. The number of rotatable bonds is 2. The molecule has 0 aliphatic rings. The predicted molar refractivity (Wildman–Crippen MR) is 59.3 cm³/mol. The molecule has 1 heterocycles. The molecule has 1 rings (SSSR count). The number of furan rings is 1. The van der Waals surface area contributed by atoms with Crippen molar-refractivity contribution in [2.24, 2.45) is 0 Å². The molecule has 1 nitrogen and oxygen atoms in total. The van der Waals surface area contributed by atoms with E-state index in [-0.39, 0.29) is 0 Å². The van der Waals surface area contributed by atoms with Gasteiger partial charge in [0.05, 0.1) is 0 Å². The van der Waals surface area contributed by atoms with E-state index >= 15 is 0 Å². The minimum absolute atomic E-state index is 0.914. The highest BCUT2D eigenvalue weighted by molar-refractivity contribution is 14.1. The average Bonchev–Trinajstić information content (AvgIpc) is 2.26. The van der Waals surface area contributed by atoms with Crippen molar-refractivity contribution in [1.29, 1.82) is 0 Å². The van der Waals surface area contributed by atoms with Gasteiger partial charge in [-0.05, 0) is 55.0 Å². The smallest absolute Gasteiger partial charge is 0.164 e. The Morgan fingerprint density at radius 3 is 2.67 bits per heavy atom. The molecule has 0 saturated heterocycles. The number of hydrogen-bond donors (Lipinski definition) is 0. The largest absolute Gasteiger partial charge is 0.455 e. The Kier molecular flexibility index (Phi) is 3.38. The van der Waals surface area contributed by atoms with E-state index < -0.39 is 0 Å². The van der Waals surface area contributed by atoms with E-state index in [1.807, 2.05) is 0 Å². The van der Waals surface area contributed by atoms with Crippen LogP contribution in [0.15, 0.2) is 22.1 Å². The van der Waals surface area contributed by atoms with Gasteiger partial charge in [0.2, 0.25) is 0 Å². The zero-order chi connectivity index (χ0) is 9.14. The third-order valence-corrected chi connectivity index (χ3v) is 2.22. The number of allylic oxidation sites excluding steroid dienone is 2. The van der Waals surface area contributed by atoms with Crippen molar-refractivity contribution in [3.05, 3.63) is 32.8 Å². The van der Waals surface area contributed by atoms with Crippen molar-refractivity contribution < 1.29 is 4.42 Å². The Morgan fingerprint density at radius 2 is 2.25 bits per heavy atom. The molecular weight excluding hydrogens is 263 g/mol. The summed E-state index contributed by atoms with van der Waals surface area (Å²) in [6.45, 7) is 6.28. The molecule has 0 saturated carbocycles. The predicted octanol–water partition coefficient (Wildman–Crippen LogP) is 3.70. The van der Waals surface area contributed by atoms with Crippen molar-refractivity contribution in [1.82, 2.24) is 0 Å². The molecule has 1 aromatic rings. The SMILES string of the molecule is CC(C)=CCc1oc(I)cc1C. The topological polar surface area (TPSA) is 13.1 Å². The van der Waals surface area contributed by atoms with Crippen molar-refractivity contribution in [3.63, 3.8) is 0 Å². The quantitative estimate of drug-likeness (QED) is 0.593. The lowest BCUT2D eigenvalue weighted by Gasteiger charge is -1.92. The van der Waals surface area contributed by atoms with Crippen molar-refractivity contribution >= 4 is 22.6 Å². The summed E-state index contributed by atoms with van der Waals surface area (Å²) in [5.74, 6) is 1.08. The van der Waals surface area contributed by atoms with Crippen molar-refractivity contribution in [3.8, 4) is 0 Å². The zero-order valence-electron chi connectivity index (χ0n) is 7.65. The molecule has 0 fully saturated rings. The first-order chi connectivity index (χ1) is 5.59. The molecule has 0 radical (unpaired) electrons. The van der Waals surface area contributed by atoms with Crippen molar-refractivity contribution in [2.75, 3.05) is 0 Å². The van der Waals surface area contributed by atoms with Crippen LogP contribution in [0.1, 0.15) is 25.2 Å². The molecule has 0 aliphatic carbocycles. The van der Waals surface area contributed by atoms with Gasteiger partial charge in [-0.15, -0.1) is 0 Å². The molecule has 0 aromatic carbocycles. The van der Waals surface area contributed by atoms with Gasteiger partial charge in [0.25, 0.3) is 0 Å². The molecule has 0 unspecified atom stereocenters. The molecular formula is C10H13IO. The molecule has 0 aliphatic heterocycles. The van der Waals surface area contributed by atoms with Gasteiger partial charge in [0.1, 0.15) is 5.76 Å². The van der Waals surface area contributed by atoms with E-state index in [2.05, 4.69) is 55.5 Å². The molecule has 0 bridgehead atoms. The summed E-state index contributed by atoms with van der Waals surface area (Å²) in [4.78, 5) is 0. The lowest BCUT2D eigenvalue weighted by atomic mass is 10.2. The molecule has 66 valence electrons.